The van der Waals surface area contributed by atoms with E-state index < -0.39 is 47.9 Å². The molecule has 1 aromatic carbocycles. The first-order valence-electron chi connectivity index (χ1n) is 12.0. The second-order valence-corrected chi connectivity index (χ2v) is 10.0. The molecular formula is C25H38N4O6. The Kier molecular flexibility index (Phi) is 9.50. The summed E-state index contributed by atoms with van der Waals surface area (Å²) in [5.74, 6) is -1.76. The van der Waals surface area contributed by atoms with Gasteiger partial charge in [0.1, 0.15) is 23.4 Å². The lowest BCUT2D eigenvalue weighted by atomic mass is 10.0. The third kappa shape index (κ3) is 8.45. The van der Waals surface area contributed by atoms with Crippen LogP contribution >= 0.6 is 0 Å². The first-order chi connectivity index (χ1) is 16.3. The molecule has 5 N–H and O–H groups in total. The number of nitrogens with zero attached hydrogens (tertiary/aromatic N) is 1. The van der Waals surface area contributed by atoms with Crippen LogP contribution in [0.2, 0.25) is 0 Å². The Labute approximate surface area is 206 Å². The minimum Gasteiger partial charge on any atom is -0.508 e. The highest BCUT2D eigenvalue weighted by Gasteiger charge is 2.48. The summed E-state index contributed by atoms with van der Waals surface area (Å²) < 4.78 is 5.27. The van der Waals surface area contributed by atoms with Crippen LogP contribution in [-0.4, -0.2) is 58.1 Å². The topological polar surface area (TPSA) is 151 Å². The van der Waals surface area contributed by atoms with Crippen molar-refractivity contribution in [3.05, 3.63) is 29.8 Å². The molecule has 1 fully saturated rings. The molecule has 4 atom stereocenters. The molecule has 0 aromatic heterocycles. The van der Waals surface area contributed by atoms with Crippen molar-refractivity contribution in [1.82, 2.24) is 15.5 Å². The van der Waals surface area contributed by atoms with E-state index in [4.69, 9.17) is 10.5 Å². The van der Waals surface area contributed by atoms with Crippen molar-refractivity contribution in [3.63, 3.8) is 0 Å². The summed E-state index contributed by atoms with van der Waals surface area (Å²) in [5.41, 5.74) is 4.98. The predicted molar refractivity (Wildman–Crippen MR) is 130 cm³/mol. The van der Waals surface area contributed by atoms with Crippen LogP contribution in [-0.2, 0) is 19.1 Å². The maximum atomic E-state index is 13.8. The van der Waals surface area contributed by atoms with E-state index in [1.54, 1.807) is 32.9 Å². The van der Waals surface area contributed by atoms with Gasteiger partial charge in [0.25, 0.3) is 0 Å². The number of hydrogen-bond acceptors (Lipinski definition) is 6. The lowest BCUT2D eigenvalue weighted by Gasteiger charge is -2.35. The van der Waals surface area contributed by atoms with Gasteiger partial charge in [0.15, 0.2) is 0 Å². The van der Waals surface area contributed by atoms with Gasteiger partial charge in [0.05, 0.1) is 6.42 Å². The molecule has 194 valence electrons. The van der Waals surface area contributed by atoms with Crippen LogP contribution in [0.5, 0.6) is 5.75 Å². The van der Waals surface area contributed by atoms with Crippen LogP contribution in [0.15, 0.2) is 24.3 Å². The van der Waals surface area contributed by atoms with Crippen molar-refractivity contribution in [2.75, 3.05) is 6.54 Å². The minimum absolute atomic E-state index is 0.0503. The Morgan fingerprint density at radius 1 is 1.26 bits per heavy atom. The zero-order valence-electron chi connectivity index (χ0n) is 21.2. The molecule has 0 heterocycles. The van der Waals surface area contributed by atoms with Crippen molar-refractivity contribution in [1.29, 1.82) is 0 Å². The van der Waals surface area contributed by atoms with Crippen LogP contribution in [0.25, 0.3) is 0 Å². The van der Waals surface area contributed by atoms with E-state index in [1.165, 1.54) is 17.0 Å². The Bertz CT molecular complexity index is 929. The van der Waals surface area contributed by atoms with Crippen LogP contribution in [0.1, 0.15) is 71.9 Å². The van der Waals surface area contributed by atoms with Crippen LogP contribution in [0.3, 0.4) is 0 Å². The average molecular weight is 491 g/mol. The fraction of sp³-hybridized carbons (Fsp3) is 0.600. The van der Waals surface area contributed by atoms with Crippen molar-refractivity contribution in [2.45, 2.75) is 84.0 Å². The number of nitrogens with two attached hydrogens (primary N) is 1. The number of phenols is 1. The van der Waals surface area contributed by atoms with Gasteiger partial charge in [-0.15, -0.1) is 0 Å². The van der Waals surface area contributed by atoms with Gasteiger partial charge >= 0.3 is 6.09 Å². The van der Waals surface area contributed by atoms with E-state index in [2.05, 4.69) is 10.6 Å². The molecular weight excluding hydrogens is 452 g/mol. The van der Waals surface area contributed by atoms with Crippen LogP contribution in [0, 0.1) is 5.92 Å². The molecule has 0 bridgehead atoms. The Morgan fingerprint density at radius 3 is 2.43 bits per heavy atom. The zero-order chi connectivity index (χ0) is 26.3. The van der Waals surface area contributed by atoms with Gasteiger partial charge in [0.2, 0.25) is 17.7 Å². The van der Waals surface area contributed by atoms with Gasteiger partial charge in [-0.3, -0.25) is 14.4 Å². The maximum Gasteiger partial charge on any atom is 0.408 e. The summed E-state index contributed by atoms with van der Waals surface area (Å²) >= 11 is 0. The molecule has 10 nitrogen and oxygen atoms in total. The SMILES string of the molecule is CCCCNC(=O)C(c1cccc(O)c1)N(C(=O)C(CC(N)=O)NC(=O)OC(C)(C)C)C1CC1C. The number of nitrogens with one attached hydrogen (secondary N) is 2. The normalized spacial score (nSPS) is 18.7. The Hall–Kier alpha value is -3.30. The van der Waals surface area contributed by atoms with Gasteiger partial charge in [-0.25, -0.2) is 4.79 Å². The number of ether oxygens (including phenoxy) is 1. The van der Waals surface area contributed by atoms with Crippen molar-refractivity contribution >= 4 is 23.8 Å². The Morgan fingerprint density at radius 2 is 1.91 bits per heavy atom. The number of amides is 4. The van der Waals surface area contributed by atoms with Crippen molar-refractivity contribution in [2.24, 2.45) is 11.7 Å². The highest BCUT2D eigenvalue weighted by Crippen LogP contribution is 2.41. The fourth-order valence-electron chi connectivity index (χ4n) is 3.82. The lowest BCUT2D eigenvalue weighted by molar-refractivity contribution is -0.144. The predicted octanol–water partition coefficient (Wildman–Crippen LogP) is 2.36. The summed E-state index contributed by atoms with van der Waals surface area (Å²) in [6.07, 6.45) is 0.956. The van der Waals surface area contributed by atoms with Gasteiger partial charge in [-0.1, -0.05) is 32.4 Å². The van der Waals surface area contributed by atoms with E-state index in [-0.39, 0.29) is 17.7 Å². The number of aromatic hydroxyl groups is 1. The number of carbonyl (C=O) groups is 4. The zero-order valence-corrected chi connectivity index (χ0v) is 21.2. The number of carbonyl (C=O) groups excluding carboxylic acids is 4. The van der Waals surface area contributed by atoms with Gasteiger partial charge in [0, 0.05) is 12.6 Å². The van der Waals surface area contributed by atoms with Crippen LogP contribution in [0.4, 0.5) is 4.79 Å². The summed E-state index contributed by atoms with van der Waals surface area (Å²) in [7, 11) is 0. The molecule has 4 unspecified atom stereocenters. The summed E-state index contributed by atoms with van der Waals surface area (Å²) in [6.45, 7) is 9.39. The third-order valence-electron chi connectivity index (χ3n) is 5.62. The number of hydrogen-bond donors (Lipinski definition) is 4. The molecule has 4 amide bonds. The Balaban J connectivity index is 2.46. The second-order valence-electron chi connectivity index (χ2n) is 10.0. The van der Waals surface area contributed by atoms with E-state index in [9.17, 15) is 24.3 Å². The maximum absolute atomic E-state index is 13.8. The van der Waals surface area contributed by atoms with Crippen molar-refractivity contribution < 1.29 is 29.0 Å². The molecule has 0 saturated heterocycles. The van der Waals surface area contributed by atoms with Gasteiger partial charge in [-0.05, 0) is 57.2 Å². The van der Waals surface area contributed by atoms with Gasteiger partial charge < -0.3 is 31.1 Å². The van der Waals surface area contributed by atoms with Crippen molar-refractivity contribution in [3.8, 4) is 5.75 Å². The quantitative estimate of drug-likeness (QED) is 0.350. The number of rotatable bonds is 11. The monoisotopic (exact) mass is 490 g/mol. The number of phenolic OH excluding ortho intramolecular Hbond substituents is 1. The minimum atomic E-state index is -1.32. The van der Waals surface area contributed by atoms with E-state index in [0.29, 0.717) is 18.5 Å². The molecule has 0 spiro atoms. The number of primary amides is 1. The fourth-order valence-corrected chi connectivity index (χ4v) is 3.82. The molecule has 1 aliphatic carbocycles. The molecule has 1 aliphatic rings. The van der Waals surface area contributed by atoms with E-state index in [1.807, 2.05) is 13.8 Å². The van der Waals surface area contributed by atoms with E-state index >= 15 is 0 Å². The standard InChI is InChI=1S/C25H38N4O6/c1-6-7-11-27-22(32)21(16-9-8-10-17(30)13-16)29(19-12-15(19)2)23(33)18(14-20(26)31)28-24(34)35-25(3,4)5/h8-10,13,15,18-19,21,30H,6-7,11-12,14H2,1-5H3,(H2,26,31)(H,27,32)(H,28,34). The lowest BCUT2D eigenvalue weighted by Crippen LogP contribution is -2.55. The summed E-state index contributed by atoms with van der Waals surface area (Å²) in [4.78, 5) is 52.9. The third-order valence-corrected chi connectivity index (χ3v) is 5.62. The first kappa shape index (κ1) is 27.9. The highest BCUT2D eigenvalue weighted by atomic mass is 16.6. The first-order valence-corrected chi connectivity index (χ1v) is 12.0. The smallest absolute Gasteiger partial charge is 0.408 e. The number of benzene rings is 1. The summed E-state index contributed by atoms with van der Waals surface area (Å²) in [5, 5.41) is 15.4. The largest absolute Gasteiger partial charge is 0.508 e. The summed E-state index contributed by atoms with van der Waals surface area (Å²) in [6, 6.07) is 3.47. The molecule has 2 rings (SSSR count). The molecule has 0 radical (unpaired) electrons. The number of unbranched alkanes of at least 4 members (excludes halogenated alkanes) is 1. The molecule has 10 heteroatoms. The van der Waals surface area contributed by atoms with Crippen LogP contribution < -0.4 is 16.4 Å². The molecule has 1 saturated carbocycles. The van der Waals surface area contributed by atoms with Gasteiger partial charge in [-0.2, -0.15) is 0 Å². The average Bonchev–Trinajstić information content (AvgIpc) is 3.45. The molecule has 1 aromatic rings. The second kappa shape index (κ2) is 11.9. The molecule has 35 heavy (non-hydrogen) atoms. The number of alkyl carbamates (subject to hydrolysis) is 1. The molecule has 0 aliphatic heterocycles. The van der Waals surface area contributed by atoms with E-state index in [0.717, 1.165) is 12.8 Å². The highest BCUT2D eigenvalue weighted by molar-refractivity contribution is 5.95.